The summed E-state index contributed by atoms with van der Waals surface area (Å²) in [5.74, 6) is -0.0317. The number of nitrogens with one attached hydrogen (secondary N) is 1. The number of carboxylic acid groups (broad SMARTS) is 1. The highest BCUT2D eigenvalue weighted by Gasteiger charge is 2.18. The fraction of sp³-hybridized carbons (Fsp3) is 0.316. The van der Waals surface area contributed by atoms with Crippen LogP contribution in [0.1, 0.15) is 36.9 Å². The fourth-order valence-corrected chi connectivity index (χ4v) is 2.25. The van der Waals surface area contributed by atoms with Crippen LogP contribution in [0.3, 0.4) is 0 Å². The number of unbranched alkanes of at least 4 members (excludes halogenated alkanes) is 1. The maximum atomic E-state index is 11.4. The lowest BCUT2D eigenvalue weighted by molar-refractivity contribution is -0.139. The molecule has 122 valence electrons. The van der Waals surface area contributed by atoms with Crippen LogP contribution in [0.2, 0.25) is 0 Å². The zero-order valence-corrected chi connectivity index (χ0v) is 13.4. The molecule has 0 spiro atoms. The van der Waals surface area contributed by atoms with E-state index in [2.05, 4.69) is 12.2 Å². The zero-order valence-electron chi connectivity index (χ0n) is 13.4. The highest BCUT2D eigenvalue weighted by molar-refractivity contribution is 5.75. The summed E-state index contributed by atoms with van der Waals surface area (Å²) in [7, 11) is 0. The van der Waals surface area contributed by atoms with Gasteiger partial charge >= 0.3 is 5.97 Å². The fourth-order valence-electron chi connectivity index (χ4n) is 2.25. The highest BCUT2D eigenvalue weighted by atomic mass is 16.5. The van der Waals surface area contributed by atoms with E-state index >= 15 is 0 Å². The van der Waals surface area contributed by atoms with Gasteiger partial charge in [-0.05, 0) is 29.7 Å². The molecule has 0 aliphatic carbocycles. The Morgan fingerprint density at radius 3 is 2.43 bits per heavy atom. The molecule has 0 amide bonds. The molecule has 4 heteroatoms. The van der Waals surface area contributed by atoms with Crippen LogP contribution in [0.5, 0.6) is 5.75 Å². The summed E-state index contributed by atoms with van der Waals surface area (Å²) >= 11 is 0. The van der Waals surface area contributed by atoms with Crippen LogP contribution < -0.4 is 10.1 Å². The Bertz CT molecular complexity index is 596. The molecular formula is C19H23NO3. The van der Waals surface area contributed by atoms with E-state index in [0.29, 0.717) is 6.54 Å². The highest BCUT2D eigenvalue weighted by Crippen LogP contribution is 2.16. The van der Waals surface area contributed by atoms with Crippen molar-refractivity contribution in [2.45, 2.75) is 32.4 Å². The van der Waals surface area contributed by atoms with Gasteiger partial charge in [0.2, 0.25) is 0 Å². The van der Waals surface area contributed by atoms with Crippen LogP contribution in [-0.2, 0) is 11.3 Å². The molecule has 0 bridgehead atoms. The van der Waals surface area contributed by atoms with Crippen molar-refractivity contribution in [2.75, 3.05) is 6.61 Å². The Hall–Kier alpha value is -2.33. The lowest BCUT2D eigenvalue weighted by atomic mass is 10.1. The molecule has 0 aromatic heterocycles. The Balaban J connectivity index is 1.92. The number of aliphatic carboxylic acids is 1. The predicted molar refractivity (Wildman–Crippen MR) is 90.5 cm³/mol. The van der Waals surface area contributed by atoms with E-state index < -0.39 is 12.0 Å². The molecule has 4 nitrogen and oxygen atoms in total. The molecule has 0 aliphatic heterocycles. The maximum absolute atomic E-state index is 11.4. The Labute approximate surface area is 137 Å². The van der Waals surface area contributed by atoms with E-state index in [1.54, 1.807) is 0 Å². The molecule has 0 unspecified atom stereocenters. The lowest BCUT2D eigenvalue weighted by Crippen LogP contribution is -2.28. The van der Waals surface area contributed by atoms with Crippen LogP contribution >= 0.6 is 0 Å². The molecule has 23 heavy (non-hydrogen) atoms. The molecule has 0 saturated heterocycles. The third-order valence-electron chi connectivity index (χ3n) is 3.58. The van der Waals surface area contributed by atoms with Crippen LogP contribution in [0, 0.1) is 0 Å². The minimum atomic E-state index is -0.879. The SMILES string of the molecule is CCCCOc1ccc(CN[C@H](C(=O)O)c2ccccc2)cc1. The summed E-state index contributed by atoms with van der Waals surface area (Å²) in [5, 5.41) is 12.5. The topological polar surface area (TPSA) is 58.6 Å². The van der Waals surface area contributed by atoms with Gasteiger partial charge in [-0.15, -0.1) is 0 Å². The molecule has 2 aromatic carbocycles. The number of hydrogen-bond donors (Lipinski definition) is 2. The Kier molecular flexibility index (Phi) is 6.63. The molecule has 0 heterocycles. The summed E-state index contributed by atoms with van der Waals surface area (Å²) in [6.45, 7) is 3.34. The standard InChI is InChI=1S/C19H23NO3/c1-2-3-13-23-17-11-9-15(10-12-17)14-20-18(19(21)22)16-7-5-4-6-8-16/h4-12,18,20H,2-3,13-14H2,1H3,(H,21,22)/t18-/m0/s1. The van der Waals surface area contributed by atoms with Gasteiger partial charge in [0, 0.05) is 6.54 Å². The van der Waals surface area contributed by atoms with Crippen molar-refractivity contribution in [3.05, 3.63) is 65.7 Å². The molecule has 0 radical (unpaired) electrons. The second-order valence-corrected chi connectivity index (χ2v) is 5.41. The van der Waals surface area contributed by atoms with E-state index in [4.69, 9.17) is 4.74 Å². The van der Waals surface area contributed by atoms with Gasteiger partial charge in [0.1, 0.15) is 11.8 Å². The second kappa shape index (κ2) is 8.96. The third kappa shape index (κ3) is 5.42. The normalized spacial score (nSPS) is 11.9. The van der Waals surface area contributed by atoms with Crippen molar-refractivity contribution in [2.24, 2.45) is 0 Å². The van der Waals surface area contributed by atoms with Gasteiger partial charge in [-0.25, -0.2) is 0 Å². The Morgan fingerprint density at radius 1 is 1.13 bits per heavy atom. The van der Waals surface area contributed by atoms with Crippen molar-refractivity contribution < 1.29 is 14.6 Å². The quantitative estimate of drug-likeness (QED) is 0.692. The van der Waals surface area contributed by atoms with Gasteiger partial charge < -0.3 is 9.84 Å². The van der Waals surface area contributed by atoms with Gasteiger partial charge in [-0.2, -0.15) is 0 Å². The number of carboxylic acids is 1. The predicted octanol–water partition coefficient (Wildman–Crippen LogP) is 3.78. The average Bonchev–Trinajstić information content (AvgIpc) is 2.57. The molecule has 2 aromatic rings. The van der Waals surface area contributed by atoms with E-state index in [-0.39, 0.29) is 0 Å². The lowest BCUT2D eigenvalue weighted by Gasteiger charge is -2.15. The molecule has 2 rings (SSSR count). The largest absolute Gasteiger partial charge is 0.494 e. The van der Waals surface area contributed by atoms with Gasteiger partial charge in [0.25, 0.3) is 0 Å². The minimum absolute atomic E-state index is 0.487. The first-order valence-corrected chi connectivity index (χ1v) is 7.93. The van der Waals surface area contributed by atoms with E-state index in [0.717, 1.165) is 36.3 Å². The van der Waals surface area contributed by atoms with Crippen LogP contribution in [0.4, 0.5) is 0 Å². The second-order valence-electron chi connectivity index (χ2n) is 5.41. The first-order chi connectivity index (χ1) is 11.2. The molecular weight excluding hydrogens is 290 g/mol. The van der Waals surface area contributed by atoms with Crippen molar-refractivity contribution in [1.82, 2.24) is 5.32 Å². The maximum Gasteiger partial charge on any atom is 0.325 e. The number of hydrogen-bond acceptors (Lipinski definition) is 3. The molecule has 1 atom stereocenters. The van der Waals surface area contributed by atoms with Gasteiger partial charge in [-0.3, -0.25) is 10.1 Å². The Morgan fingerprint density at radius 2 is 1.83 bits per heavy atom. The molecule has 2 N–H and O–H groups in total. The van der Waals surface area contributed by atoms with Crippen LogP contribution in [0.15, 0.2) is 54.6 Å². The van der Waals surface area contributed by atoms with Crippen LogP contribution in [-0.4, -0.2) is 17.7 Å². The third-order valence-corrected chi connectivity index (χ3v) is 3.58. The average molecular weight is 313 g/mol. The number of carbonyl (C=O) groups is 1. The van der Waals surface area contributed by atoms with E-state index in [1.807, 2.05) is 54.6 Å². The number of rotatable bonds is 9. The number of ether oxygens (including phenoxy) is 1. The van der Waals surface area contributed by atoms with Gasteiger partial charge in [-0.1, -0.05) is 55.8 Å². The van der Waals surface area contributed by atoms with Crippen LogP contribution in [0.25, 0.3) is 0 Å². The van der Waals surface area contributed by atoms with Gasteiger partial charge in [0.15, 0.2) is 0 Å². The smallest absolute Gasteiger partial charge is 0.325 e. The summed E-state index contributed by atoms with van der Waals surface area (Å²) in [4.78, 5) is 11.4. The molecule has 0 fully saturated rings. The van der Waals surface area contributed by atoms with Crippen molar-refractivity contribution >= 4 is 5.97 Å². The number of benzene rings is 2. The monoisotopic (exact) mass is 313 g/mol. The summed E-state index contributed by atoms with van der Waals surface area (Å²) in [5.41, 5.74) is 1.77. The van der Waals surface area contributed by atoms with Crippen molar-refractivity contribution in [1.29, 1.82) is 0 Å². The minimum Gasteiger partial charge on any atom is -0.494 e. The summed E-state index contributed by atoms with van der Waals surface area (Å²) in [6.07, 6.45) is 2.15. The van der Waals surface area contributed by atoms with Crippen molar-refractivity contribution in [3.8, 4) is 5.75 Å². The van der Waals surface area contributed by atoms with Crippen molar-refractivity contribution in [3.63, 3.8) is 0 Å². The first kappa shape index (κ1) is 17.0. The van der Waals surface area contributed by atoms with E-state index in [1.165, 1.54) is 0 Å². The van der Waals surface area contributed by atoms with Gasteiger partial charge in [0.05, 0.1) is 6.61 Å². The first-order valence-electron chi connectivity index (χ1n) is 7.93. The zero-order chi connectivity index (χ0) is 16.5. The van der Waals surface area contributed by atoms with E-state index in [9.17, 15) is 9.90 Å². The summed E-state index contributed by atoms with van der Waals surface area (Å²) in [6, 6.07) is 16.2. The molecule has 0 aliphatic rings. The molecule has 0 saturated carbocycles. The summed E-state index contributed by atoms with van der Waals surface area (Å²) < 4.78 is 5.62.